The highest BCUT2D eigenvalue weighted by Crippen LogP contribution is 2.33. The third-order valence-electron chi connectivity index (χ3n) is 2.78. The van der Waals surface area contributed by atoms with E-state index in [1.165, 1.54) is 0 Å². The summed E-state index contributed by atoms with van der Waals surface area (Å²) in [6.07, 6.45) is -0.799. The highest BCUT2D eigenvalue weighted by molar-refractivity contribution is 6.34. The second-order valence-electron chi connectivity index (χ2n) is 4.81. The maximum atomic E-state index is 10.5. The van der Waals surface area contributed by atoms with Crippen LogP contribution in [0.1, 0.15) is 31.1 Å². The van der Waals surface area contributed by atoms with Gasteiger partial charge in [-0.15, -0.1) is 0 Å². The summed E-state index contributed by atoms with van der Waals surface area (Å²) in [7, 11) is 0. The number of hydrogen-bond acceptors (Lipinski definition) is 2. The van der Waals surface area contributed by atoms with E-state index in [0.29, 0.717) is 26.9 Å². The van der Waals surface area contributed by atoms with Crippen molar-refractivity contribution >= 4 is 23.2 Å². The fourth-order valence-electron chi connectivity index (χ4n) is 1.98. The lowest BCUT2D eigenvalue weighted by molar-refractivity contribution is 0.198. The molecule has 106 valence electrons. The molecule has 1 N–H and O–H groups in total. The monoisotopic (exact) mass is 310 g/mol. The van der Waals surface area contributed by atoms with Gasteiger partial charge in [0.1, 0.15) is 11.9 Å². The van der Waals surface area contributed by atoms with Crippen molar-refractivity contribution in [3.8, 4) is 5.75 Å². The van der Waals surface area contributed by atoms with Crippen molar-refractivity contribution < 1.29 is 9.84 Å². The Morgan fingerprint density at radius 2 is 1.60 bits per heavy atom. The van der Waals surface area contributed by atoms with Crippen LogP contribution in [0, 0.1) is 0 Å². The Morgan fingerprint density at radius 3 is 2.20 bits per heavy atom. The quantitative estimate of drug-likeness (QED) is 0.873. The van der Waals surface area contributed by atoms with Crippen molar-refractivity contribution in [1.82, 2.24) is 0 Å². The van der Waals surface area contributed by atoms with Crippen molar-refractivity contribution in [3.05, 3.63) is 63.6 Å². The molecule has 0 bridgehead atoms. The lowest BCUT2D eigenvalue weighted by atomic mass is 10.0. The van der Waals surface area contributed by atoms with Crippen LogP contribution in [0.25, 0.3) is 0 Å². The minimum absolute atomic E-state index is 0.0336. The third kappa shape index (κ3) is 3.66. The summed E-state index contributed by atoms with van der Waals surface area (Å²) in [6.45, 7) is 3.89. The van der Waals surface area contributed by atoms with Crippen LogP contribution in [0.15, 0.2) is 42.5 Å². The van der Waals surface area contributed by atoms with Gasteiger partial charge in [0.05, 0.1) is 6.10 Å². The summed E-state index contributed by atoms with van der Waals surface area (Å²) in [6, 6.07) is 12.4. The van der Waals surface area contributed by atoms with Crippen LogP contribution >= 0.6 is 23.2 Å². The fourth-order valence-corrected chi connectivity index (χ4v) is 2.52. The average Bonchev–Trinajstić information content (AvgIpc) is 2.36. The number of aliphatic hydroxyl groups excluding tert-OH is 1. The molecule has 2 nitrogen and oxygen atoms in total. The van der Waals surface area contributed by atoms with E-state index in [0.717, 1.165) is 0 Å². The Labute approximate surface area is 128 Å². The Kier molecular flexibility index (Phi) is 4.92. The first-order valence-electron chi connectivity index (χ1n) is 6.37. The van der Waals surface area contributed by atoms with E-state index in [4.69, 9.17) is 27.9 Å². The van der Waals surface area contributed by atoms with Crippen LogP contribution in [0.2, 0.25) is 10.0 Å². The largest absolute Gasteiger partial charge is 0.491 e. The van der Waals surface area contributed by atoms with Crippen molar-refractivity contribution in [1.29, 1.82) is 0 Å². The number of rotatable bonds is 4. The molecule has 0 aliphatic rings. The minimum atomic E-state index is -0.832. The molecular weight excluding hydrogens is 295 g/mol. The summed E-state index contributed by atoms with van der Waals surface area (Å²) >= 11 is 12.0. The van der Waals surface area contributed by atoms with Crippen LogP contribution < -0.4 is 4.74 Å². The molecule has 0 radical (unpaired) electrons. The van der Waals surface area contributed by atoms with Gasteiger partial charge < -0.3 is 9.84 Å². The van der Waals surface area contributed by atoms with Gasteiger partial charge in [0.25, 0.3) is 0 Å². The first kappa shape index (κ1) is 15.2. The normalized spacial score (nSPS) is 12.5. The molecule has 4 heteroatoms. The van der Waals surface area contributed by atoms with Gasteiger partial charge in [-0.2, -0.15) is 0 Å². The van der Waals surface area contributed by atoms with Crippen LogP contribution in [0.3, 0.4) is 0 Å². The van der Waals surface area contributed by atoms with Crippen molar-refractivity contribution in [3.63, 3.8) is 0 Å². The Morgan fingerprint density at radius 1 is 1.00 bits per heavy atom. The summed E-state index contributed by atoms with van der Waals surface area (Å²) in [4.78, 5) is 0. The second kappa shape index (κ2) is 6.49. The zero-order valence-corrected chi connectivity index (χ0v) is 12.8. The molecule has 0 aromatic heterocycles. The number of benzene rings is 2. The summed E-state index contributed by atoms with van der Waals surface area (Å²) in [5, 5.41) is 11.5. The predicted octanol–water partition coefficient (Wildman–Crippen LogP) is 4.86. The second-order valence-corrected chi connectivity index (χ2v) is 5.68. The minimum Gasteiger partial charge on any atom is -0.491 e. The number of halogens is 2. The first-order valence-corrected chi connectivity index (χ1v) is 7.12. The molecule has 0 spiro atoms. The molecule has 0 aliphatic heterocycles. The van der Waals surface area contributed by atoms with Crippen molar-refractivity contribution in [2.75, 3.05) is 0 Å². The molecular formula is C16H16Cl2O2. The number of para-hydroxylation sites is 1. The molecule has 2 aromatic carbocycles. The molecule has 0 saturated carbocycles. The van der Waals surface area contributed by atoms with E-state index < -0.39 is 6.10 Å². The van der Waals surface area contributed by atoms with Gasteiger partial charge in [-0.1, -0.05) is 41.4 Å². The van der Waals surface area contributed by atoms with Crippen LogP contribution in [0.4, 0.5) is 0 Å². The van der Waals surface area contributed by atoms with Gasteiger partial charge in [-0.25, -0.2) is 0 Å². The number of hydrogen-bond donors (Lipinski definition) is 1. The molecule has 0 aliphatic carbocycles. The zero-order valence-electron chi connectivity index (χ0n) is 11.3. The van der Waals surface area contributed by atoms with Gasteiger partial charge in [0, 0.05) is 15.6 Å². The van der Waals surface area contributed by atoms with E-state index in [9.17, 15) is 5.11 Å². The van der Waals surface area contributed by atoms with Gasteiger partial charge in [-0.3, -0.25) is 0 Å². The van der Waals surface area contributed by atoms with Crippen LogP contribution in [0.5, 0.6) is 5.75 Å². The van der Waals surface area contributed by atoms with E-state index in [2.05, 4.69) is 0 Å². The Hall–Kier alpha value is -1.22. The van der Waals surface area contributed by atoms with E-state index in [1.807, 2.05) is 38.1 Å². The lowest BCUT2D eigenvalue weighted by Crippen LogP contribution is -2.10. The molecule has 1 unspecified atom stereocenters. The van der Waals surface area contributed by atoms with Gasteiger partial charge in [-0.05, 0) is 43.7 Å². The number of ether oxygens (including phenoxy) is 1. The van der Waals surface area contributed by atoms with E-state index >= 15 is 0 Å². The summed E-state index contributed by atoms with van der Waals surface area (Å²) in [5.74, 6) is 0.658. The topological polar surface area (TPSA) is 29.5 Å². The summed E-state index contributed by atoms with van der Waals surface area (Å²) in [5.41, 5.74) is 1.34. The zero-order chi connectivity index (χ0) is 14.7. The SMILES string of the molecule is CC(C)Oc1ccccc1C(O)c1cc(Cl)cc(Cl)c1. The maximum Gasteiger partial charge on any atom is 0.125 e. The molecule has 1 atom stereocenters. The molecule has 0 fully saturated rings. The molecule has 2 aromatic rings. The molecule has 0 saturated heterocycles. The van der Waals surface area contributed by atoms with Gasteiger partial charge >= 0.3 is 0 Å². The number of aliphatic hydroxyl groups is 1. The average molecular weight is 311 g/mol. The lowest BCUT2D eigenvalue weighted by Gasteiger charge is -2.18. The molecule has 0 amide bonds. The molecule has 20 heavy (non-hydrogen) atoms. The van der Waals surface area contributed by atoms with Crippen molar-refractivity contribution in [2.24, 2.45) is 0 Å². The highest BCUT2D eigenvalue weighted by atomic mass is 35.5. The van der Waals surface area contributed by atoms with Gasteiger partial charge in [0.2, 0.25) is 0 Å². The highest BCUT2D eigenvalue weighted by Gasteiger charge is 2.17. The van der Waals surface area contributed by atoms with Crippen molar-refractivity contribution in [2.45, 2.75) is 26.1 Å². The van der Waals surface area contributed by atoms with E-state index in [-0.39, 0.29) is 6.10 Å². The fraction of sp³-hybridized carbons (Fsp3) is 0.250. The Balaban J connectivity index is 2.39. The third-order valence-corrected chi connectivity index (χ3v) is 3.21. The molecule has 2 rings (SSSR count). The summed E-state index contributed by atoms with van der Waals surface area (Å²) < 4.78 is 5.72. The van der Waals surface area contributed by atoms with Crippen LogP contribution in [-0.4, -0.2) is 11.2 Å². The first-order chi connectivity index (χ1) is 9.47. The van der Waals surface area contributed by atoms with Crippen LogP contribution in [-0.2, 0) is 0 Å². The smallest absolute Gasteiger partial charge is 0.125 e. The Bertz CT molecular complexity index is 577. The van der Waals surface area contributed by atoms with Gasteiger partial charge in [0.15, 0.2) is 0 Å². The van der Waals surface area contributed by atoms with E-state index in [1.54, 1.807) is 18.2 Å². The standard InChI is InChI=1S/C16H16Cl2O2/c1-10(2)20-15-6-4-3-5-14(15)16(19)11-7-12(17)9-13(18)8-11/h3-10,16,19H,1-2H3. The maximum absolute atomic E-state index is 10.5. The molecule has 0 heterocycles. The predicted molar refractivity (Wildman–Crippen MR) is 82.7 cm³/mol.